The van der Waals surface area contributed by atoms with Crippen molar-refractivity contribution < 1.29 is 0 Å². The van der Waals surface area contributed by atoms with Crippen LogP contribution in [0.25, 0.3) is 0 Å². The maximum atomic E-state index is 3.10. The summed E-state index contributed by atoms with van der Waals surface area (Å²) in [6.45, 7) is 5.79. The molecule has 0 amide bonds. The summed E-state index contributed by atoms with van der Waals surface area (Å²) in [6, 6.07) is 0. The van der Waals surface area contributed by atoms with Crippen LogP contribution in [0.2, 0.25) is 0 Å². The molecule has 1 fully saturated rings. The molecule has 0 N–H and O–H groups in total. The van der Waals surface area contributed by atoms with E-state index in [1.54, 1.807) is 0 Å². The molecule has 0 aromatic rings. The third-order valence-electron chi connectivity index (χ3n) is 2.25. The normalized spacial score (nSPS) is 20.9. The van der Waals surface area contributed by atoms with Crippen LogP contribution in [-0.2, 0) is 0 Å². The number of likely N-dealkylation sites (tertiary alicyclic amines) is 1. The Morgan fingerprint density at radius 2 is 2.09 bits per heavy atom. The second-order valence-electron chi connectivity index (χ2n) is 3.23. The first-order valence-corrected chi connectivity index (χ1v) is 5.21. The Morgan fingerprint density at radius 3 is 2.64 bits per heavy atom. The SMILES string of the molecule is CC1CCN(CC#CI)CC1. The standard InChI is InChI=1S/C9H14IN/c1-9-3-7-11(8-4-9)6-2-5-10/h9H,3-4,6-8H2,1H3. The highest BCUT2D eigenvalue weighted by Crippen LogP contribution is 2.14. The highest BCUT2D eigenvalue weighted by molar-refractivity contribution is 14.1. The molecule has 0 aliphatic carbocycles. The van der Waals surface area contributed by atoms with Gasteiger partial charge in [-0.15, -0.1) is 0 Å². The van der Waals surface area contributed by atoms with Crippen LogP contribution >= 0.6 is 22.6 Å². The van der Waals surface area contributed by atoms with E-state index in [2.05, 4.69) is 44.3 Å². The van der Waals surface area contributed by atoms with Crippen molar-refractivity contribution in [2.24, 2.45) is 5.92 Å². The molecule has 0 aromatic heterocycles. The second kappa shape index (κ2) is 5.00. The third-order valence-corrected chi connectivity index (χ3v) is 2.63. The Kier molecular flexibility index (Phi) is 4.24. The zero-order valence-corrected chi connectivity index (χ0v) is 9.10. The van der Waals surface area contributed by atoms with E-state index in [0.29, 0.717) is 0 Å². The van der Waals surface area contributed by atoms with E-state index >= 15 is 0 Å². The van der Waals surface area contributed by atoms with Crippen molar-refractivity contribution in [3.8, 4) is 9.85 Å². The van der Waals surface area contributed by atoms with Crippen LogP contribution in [0.1, 0.15) is 19.8 Å². The topological polar surface area (TPSA) is 3.24 Å². The van der Waals surface area contributed by atoms with E-state index in [4.69, 9.17) is 0 Å². The molecule has 0 spiro atoms. The van der Waals surface area contributed by atoms with Crippen molar-refractivity contribution in [1.29, 1.82) is 0 Å². The highest BCUT2D eigenvalue weighted by Gasteiger charge is 2.13. The molecule has 0 atom stereocenters. The zero-order valence-electron chi connectivity index (χ0n) is 6.94. The first kappa shape index (κ1) is 9.34. The molecule has 62 valence electrons. The largest absolute Gasteiger partial charge is 0.292 e. The minimum Gasteiger partial charge on any atom is -0.292 e. The quantitative estimate of drug-likeness (QED) is 0.517. The number of nitrogens with zero attached hydrogens (tertiary/aromatic N) is 1. The van der Waals surface area contributed by atoms with Crippen LogP contribution in [0.3, 0.4) is 0 Å². The van der Waals surface area contributed by atoms with Gasteiger partial charge in [-0.1, -0.05) is 12.8 Å². The average Bonchev–Trinajstić information content (AvgIpc) is 2.04. The maximum absolute atomic E-state index is 3.10. The summed E-state index contributed by atoms with van der Waals surface area (Å²) in [5, 5.41) is 0. The molecule has 1 aliphatic rings. The van der Waals surface area contributed by atoms with Gasteiger partial charge in [-0.2, -0.15) is 0 Å². The smallest absolute Gasteiger partial charge is 0.0609 e. The molecule has 0 aromatic carbocycles. The average molecular weight is 263 g/mol. The zero-order chi connectivity index (χ0) is 8.10. The van der Waals surface area contributed by atoms with Crippen molar-refractivity contribution in [1.82, 2.24) is 4.90 Å². The van der Waals surface area contributed by atoms with Crippen LogP contribution in [0, 0.1) is 15.8 Å². The molecule has 11 heavy (non-hydrogen) atoms. The van der Waals surface area contributed by atoms with E-state index in [1.165, 1.54) is 25.9 Å². The molecule has 0 bridgehead atoms. The van der Waals surface area contributed by atoms with E-state index in [0.717, 1.165) is 12.5 Å². The van der Waals surface area contributed by atoms with Gasteiger partial charge >= 0.3 is 0 Å². The number of hydrogen-bond acceptors (Lipinski definition) is 1. The van der Waals surface area contributed by atoms with Gasteiger partial charge in [-0.05, 0) is 35.8 Å². The van der Waals surface area contributed by atoms with E-state index in [9.17, 15) is 0 Å². The van der Waals surface area contributed by atoms with Crippen LogP contribution in [0.15, 0.2) is 0 Å². The minimum atomic E-state index is 0.929. The van der Waals surface area contributed by atoms with Gasteiger partial charge in [0.1, 0.15) is 0 Å². The Morgan fingerprint density at radius 1 is 1.45 bits per heavy atom. The summed E-state index contributed by atoms with van der Waals surface area (Å²) >= 11 is 2.10. The first-order valence-electron chi connectivity index (χ1n) is 4.14. The molecule has 0 unspecified atom stereocenters. The van der Waals surface area contributed by atoms with Crippen LogP contribution < -0.4 is 0 Å². The fraction of sp³-hybridized carbons (Fsp3) is 0.778. The Hall–Kier alpha value is 0.250. The Balaban J connectivity index is 2.20. The van der Waals surface area contributed by atoms with Gasteiger partial charge in [0.2, 0.25) is 0 Å². The van der Waals surface area contributed by atoms with Crippen molar-refractivity contribution in [2.45, 2.75) is 19.8 Å². The molecule has 1 saturated heterocycles. The van der Waals surface area contributed by atoms with Crippen LogP contribution in [-0.4, -0.2) is 24.5 Å². The lowest BCUT2D eigenvalue weighted by Gasteiger charge is -2.28. The summed E-state index contributed by atoms with van der Waals surface area (Å²) in [7, 11) is 0. The highest BCUT2D eigenvalue weighted by atomic mass is 127. The molecule has 0 saturated carbocycles. The predicted molar refractivity (Wildman–Crippen MR) is 56.6 cm³/mol. The van der Waals surface area contributed by atoms with Crippen molar-refractivity contribution >= 4 is 22.6 Å². The summed E-state index contributed by atoms with van der Waals surface area (Å²) in [4.78, 5) is 2.44. The van der Waals surface area contributed by atoms with Crippen molar-refractivity contribution in [2.75, 3.05) is 19.6 Å². The molecule has 1 heterocycles. The van der Waals surface area contributed by atoms with Crippen molar-refractivity contribution in [3.63, 3.8) is 0 Å². The van der Waals surface area contributed by atoms with Gasteiger partial charge in [0.15, 0.2) is 0 Å². The third kappa shape index (κ3) is 3.44. The van der Waals surface area contributed by atoms with Gasteiger partial charge in [-0.3, -0.25) is 4.90 Å². The molecule has 1 nitrogen and oxygen atoms in total. The van der Waals surface area contributed by atoms with E-state index in [-0.39, 0.29) is 0 Å². The molecular weight excluding hydrogens is 249 g/mol. The van der Waals surface area contributed by atoms with Gasteiger partial charge in [-0.25, -0.2) is 0 Å². The molecule has 1 aliphatic heterocycles. The van der Waals surface area contributed by atoms with E-state index in [1.807, 2.05) is 0 Å². The lowest BCUT2D eigenvalue weighted by molar-refractivity contribution is 0.213. The van der Waals surface area contributed by atoms with Gasteiger partial charge in [0, 0.05) is 22.6 Å². The number of rotatable bonds is 1. The Bertz CT molecular complexity index is 160. The summed E-state index contributed by atoms with van der Waals surface area (Å²) in [5.74, 6) is 4.02. The molecule has 0 radical (unpaired) electrons. The summed E-state index contributed by atoms with van der Waals surface area (Å²) in [6.07, 6.45) is 2.70. The molecule has 2 heteroatoms. The van der Waals surface area contributed by atoms with Crippen LogP contribution in [0.5, 0.6) is 0 Å². The van der Waals surface area contributed by atoms with Crippen molar-refractivity contribution in [3.05, 3.63) is 0 Å². The monoisotopic (exact) mass is 263 g/mol. The molecular formula is C9H14IN. The maximum Gasteiger partial charge on any atom is 0.0609 e. The lowest BCUT2D eigenvalue weighted by Crippen LogP contribution is -2.33. The number of hydrogen-bond donors (Lipinski definition) is 0. The van der Waals surface area contributed by atoms with E-state index < -0.39 is 0 Å². The minimum absolute atomic E-state index is 0.929. The van der Waals surface area contributed by atoms with Gasteiger partial charge in [0.25, 0.3) is 0 Å². The number of piperidine rings is 1. The van der Waals surface area contributed by atoms with Gasteiger partial charge in [0.05, 0.1) is 6.54 Å². The summed E-state index contributed by atoms with van der Waals surface area (Å²) in [5.41, 5.74) is 0. The van der Waals surface area contributed by atoms with Crippen LogP contribution in [0.4, 0.5) is 0 Å². The lowest BCUT2D eigenvalue weighted by atomic mass is 9.99. The Labute approximate surface area is 82.7 Å². The second-order valence-corrected chi connectivity index (χ2v) is 3.77. The van der Waals surface area contributed by atoms with Gasteiger partial charge < -0.3 is 0 Å². The predicted octanol–water partition coefficient (Wildman–Crippen LogP) is 2.11. The fourth-order valence-electron chi connectivity index (χ4n) is 1.36. The number of halogens is 1. The fourth-order valence-corrected chi connectivity index (χ4v) is 1.53. The molecule has 1 rings (SSSR count). The summed E-state index contributed by atoms with van der Waals surface area (Å²) < 4.78 is 2.90. The first-order chi connectivity index (χ1) is 5.33.